The highest BCUT2D eigenvalue weighted by molar-refractivity contribution is 5.50. The van der Waals surface area contributed by atoms with E-state index in [1.807, 2.05) is 0 Å². The van der Waals surface area contributed by atoms with Gasteiger partial charge in [-0.2, -0.15) is 0 Å². The number of aryl methyl sites for hydroxylation is 1. The van der Waals surface area contributed by atoms with Gasteiger partial charge in [0.15, 0.2) is 0 Å². The summed E-state index contributed by atoms with van der Waals surface area (Å²) in [5.41, 5.74) is 11.4. The van der Waals surface area contributed by atoms with Crippen LogP contribution in [0.5, 0.6) is 0 Å². The second-order valence-corrected chi connectivity index (χ2v) is 2.71. The van der Waals surface area contributed by atoms with Crippen molar-refractivity contribution in [3.8, 4) is 0 Å². The number of rotatable bonds is 2. The molecule has 1 aromatic heterocycles. The van der Waals surface area contributed by atoms with Crippen LogP contribution in [-0.2, 0) is 6.54 Å². The van der Waals surface area contributed by atoms with Crippen molar-refractivity contribution in [2.45, 2.75) is 19.9 Å². The van der Waals surface area contributed by atoms with Gasteiger partial charge in [-0.3, -0.25) is 4.98 Å². The molecule has 0 fully saturated rings. The van der Waals surface area contributed by atoms with E-state index >= 15 is 0 Å². The lowest BCUT2D eigenvalue weighted by atomic mass is 10.1. The Kier molecular flexibility index (Phi) is 2.77. The molecular formula is C8H11F2N3. The number of nitrogens with zero attached hydrogens (tertiary/aromatic N) is 1. The molecule has 72 valence electrons. The Labute approximate surface area is 74.8 Å². The summed E-state index contributed by atoms with van der Waals surface area (Å²) < 4.78 is 24.7. The number of halogens is 2. The molecular weight excluding hydrogens is 176 g/mol. The molecule has 1 aromatic rings. The lowest BCUT2D eigenvalue weighted by Crippen LogP contribution is -2.06. The number of nitrogens with two attached hydrogens (primary N) is 2. The largest absolute Gasteiger partial charge is 0.398 e. The fourth-order valence-corrected chi connectivity index (χ4v) is 1.16. The van der Waals surface area contributed by atoms with E-state index in [0.717, 1.165) is 0 Å². The molecule has 1 rings (SSSR count). The van der Waals surface area contributed by atoms with Crippen molar-refractivity contribution >= 4 is 5.69 Å². The van der Waals surface area contributed by atoms with Gasteiger partial charge in [0.05, 0.1) is 11.3 Å². The Hall–Kier alpha value is -1.23. The Morgan fingerprint density at radius 1 is 1.54 bits per heavy atom. The third-order valence-corrected chi connectivity index (χ3v) is 1.76. The maximum Gasteiger partial charge on any atom is 0.267 e. The zero-order valence-electron chi connectivity index (χ0n) is 7.22. The first-order chi connectivity index (χ1) is 6.06. The molecule has 0 amide bonds. The van der Waals surface area contributed by atoms with Crippen molar-refractivity contribution in [3.63, 3.8) is 0 Å². The van der Waals surface area contributed by atoms with Crippen LogP contribution in [0, 0.1) is 6.92 Å². The Bertz CT molecular complexity index is 289. The highest BCUT2D eigenvalue weighted by Crippen LogP contribution is 2.27. The van der Waals surface area contributed by atoms with Gasteiger partial charge in [0.2, 0.25) is 0 Å². The van der Waals surface area contributed by atoms with E-state index in [9.17, 15) is 8.78 Å². The Morgan fingerprint density at radius 3 is 2.54 bits per heavy atom. The summed E-state index contributed by atoms with van der Waals surface area (Å²) in [6, 6.07) is 1.38. The van der Waals surface area contributed by atoms with Crippen LogP contribution >= 0.6 is 0 Å². The van der Waals surface area contributed by atoms with Crippen LogP contribution in [0.3, 0.4) is 0 Å². The summed E-state index contributed by atoms with van der Waals surface area (Å²) in [5, 5.41) is 0. The van der Waals surface area contributed by atoms with Crippen molar-refractivity contribution < 1.29 is 8.78 Å². The molecule has 13 heavy (non-hydrogen) atoms. The monoisotopic (exact) mass is 187 g/mol. The maximum atomic E-state index is 12.4. The zero-order chi connectivity index (χ0) is 10.0. The van der Waals surface area contributed by atoms with E-state index < -0.39 is 6.43 Å². The number of alkyl halides is 2. The number of hydrogen-bond donors (Lipinski definition) is 2. The van der Waals surface area contributed by atoms with Crippen molar-refractivity contribution in [2.75, 3.05) is 5.73 Å². The van der Waals surface area contributed by atoms with Gasteiger partial charge in [0.25, 0.3) is 6.43 Å². The third-order valence-electron chi connectivity index (χ3n) is 1.76. The van der Waals surface area contributed by atoms with Gasteiger partial charge in [0.1, 0.15) is 0 Å². The Morgan fingerprint density at radius 2 is 2.15 bits per heavy atom. The molecule has 0 aliphatic carbocycles. The van der Waals surface area contributed by atoms with Crippen molar-refractivity contribution in [1.29, 1.82) is 0 Å². The minimum Gasteiger partial charge on any atom is -0.398 e. The molecule has 0 aliphatic rings. The topological polar surface area (TPSA) is 64.9 Å². The van der Waals surface area contributed by atoms with E-state index in [1.165, 1.54) is 13.0 Å². The van der Waals surface area contributed by atoms with E-state index in [1.54, 1.807) is 0 Å². The predicted molar refractivity (Wildman–Crippen MR) is 46.2 cm³/mol. The number of nitrogen functional groups attached to an aromatic ring is 1. The number of hydrogen-bond acceptors (Lipinski definition) is 3. The average molecular weight is 187 g/mol. The summed E-state index contributed by atoms with van der Waals surface area (Å²) in [4.78, 5) is 3.89. The van der Waals surface area contributed by atoms with Gasteiger partial charge >= 0.3 is 0 Å². The SMILES string of the molecule is Cc1nc(CN)cc(N)c1C(F)F. The fourth-order valence-electron chi connectivity index (χ4n) is 1.16. The van der Waals surface area contributed by atoms with Gasteiger partial charge in [0, 0.05) is 17.9 Å². The molecule has 0 unspecified atom stereocenters. The Balaban J connectivity index is 3.23. The van der Waals surface area contributed by atoms with Crippen LogP contribution in [0.25, 0.3) is 0 Å². The lowest BCUT2D eigenvalue weighted by Gasteiger charge is -2.09. The molecule has 1 heterocycles. The standard InChI is InChI=1S/C8H11F2N3/c1-4-7(8(9)10)6(12)2-5(3-11)13-4/h2,8H,3,11H2,1H3,(H2,12,13). The quantitative estimate of drug-likeness (QED) is 0.734. The lowest BCUT2D eigenvalue weighted by molar-refractivity contribution is 0.151. The molecule has 4 N–H and O–H groups in total. The summed E-state index contributed by atoms with van der Waals surface area (Å²) in [5.74, 6) is 0. The van der Waals surface area contributed by atoms with Crippen molar-refractivity contribution in [2.24, 2.45) is 5.73 Å². The van der Waals surface area contributed by atoms with Crippen molar-refractivity contribution in [1.82, 2.24) is 4.98 Å². The molecule has 0 aromatic carbocycles. The second kappa shape index (κ2) is 3.66. The van der Waals surface area contributed by atoms with Crippen LogP contribution in [0.2, 0.25) is 0 Å². The minimum absolute atomic E-state index is 0.0583. The van der Waals surface area contributed by atoms with Crippen LogP contribution in [-0.4, -0.2) is 4.98 Å². The van der Waals surface area contributed by atoms with Gasteiger partial charge in [-0.1, -0.05) is 0 Å². The minimum atomic E-state index is -2.58. The molecule has 0 spiro atoms. The molecule has 0 saturated carbocycles. The number of aromatic nitrogens is 1. The van der Waals surface area contributed by atoms with Crippen LogP contribution < -0.4 is 11.5 Å². The zero-order valence-corrected chi connectivity index (χ0v) is 7.22. The number of anilines is 1. The number of pyridine rings is 1. The molecule has 0 atom stereocenters. The highest BCUT2D eigenvalue weighted by Gasteiger charge is 2.15. The first-order valence-corrected chi connectivity index (χ1v) is 3.80. The third kappa shape index (κ3) is 1.92. The average Bonchev–Trinajstić information content (AvgIpc) is 2.02. The summed E-state index contributed by atoms with van der Waals surface area (Å²) in [6.45, 7) is 1.70. The van der Waals surface area contributed by atoms with E-state index in [2.05, 4.69) is 4.98 Å². The first-order valence-electron chi connectivity index (χ1n) is 3.80. The molecule has 0 aliphatic heterocycles. The molecule has 3 nitrogen and oxygen atoms in total. The molecule has 0 saturated heterocycles. The summed E-state index contributed by atoms with van der Waals surface area (Å²) in [6.07, 6.45) is -2.58. The van der Waals surface area contributed by atoms with Crippen LogP contribution in [0.1, 0.15) is 23.4 Å². The van der Waals surface area contributed by atoms with Crippen LogP contribution in [0.15, 0.2) is 6.07 Å². The van der Waals surface area contributed by atoms with E-state index in [0.29, 0.717) is 5.69 Å². The van der Waals surface area contributed by atoms with Gasteiger partial charge < -0.3 is 11.5 Å². The molecule has 5 heteroatoms. The second-order valence-electron chi connectivity index (χ2n) is 2.71. The predicted octanol–water partition coefficient (Wildman–Crippen LogP) is 1.37. The van der Waals surface area contributed by atoms with E-state index in [-0.39, 0.29) is 23.5 Å². The van der Waals surface area contributed by atoms with Gasteiger partial charge in [-0.05, 0) is 13.0 Å². The van der Waals surface area contributed by atoms with Gasteiger partial charge in [-0.15, -0.1) is 0 Å². The molecule has 0 bridgehead atoms. The normalized spacial score (nSPS) is 10.8. The van der Waals surface area contributed by atoms with Crippen molar-refractivity contribution in [3.05, 3.63) is 23.0 Å². The van der Waals surface area contributed by atoms with Gasteiger partial charge in [-0.25, -0.2) is 8.78 Å². The summed E-state index contributed by atoms with van der Waals surface area (Å²) in [7, 11) is 0. The summed E-state index contributed by atoms with van der Waals surface area (Å²) >= 11 is 0. The first kappa shape index (κ1) is 9.85. The highest BCUT2D eigenvalue weighted by atomic mass is 19.3. The van der Waals surface area contributed by atoms with Crippen LogP contribution in [0.4, 0.5) is 14.5 Å². The van der Waals surface area contributed by atoms with E-state index in [4.69, 9.17) is 11.5 Å². The molecule has 0 radical (unpaired) electrons. The fraction of sp³-hybridized carbons (Fsp3) is 0.375. The smallest absolute Gasteiger partial charge is 0.267 e. The maximum absolute atomic E-state index is 12.4.